The molecule has 0 saturated carbocycles. The normalized spacial score (nSPS) is 15.7. The Kier molecular flexibility index (Phi) is 4.77. The second-order valence-electron chi connectivity index (χ2n) is 5.99. The molecule has 0 fully saturated rings. The Bertz CT molecular complexity index is 1000. The molecule has 1 heterocycles. The predicted molar refractivity (Wildman–Crippen MR) is 92.6 cm³/mol. The van der Waals surface area contributed by atoms with Crippen LogP contribution in [0.3, 0.4) is 0 Å². The Morgan fingerprint density at radius 1 is 1.04 bits per heavy atom. The number of benzene rings is 2. The van der Waals surface area contributed by atoms with Gasteiger partial charge in [0.1, 0.15) is 4.90 Å². The van der Waals surface area contributed by atoms with Gasteiger partial charge in [-0.1, -0.05) is 18.2 Å². The van der Waals surface area contributed by atoms with Gasteiger partial charge in [-0.2, -0.15) is 13.2 Å². The number of nitrogens with one attached hydrogen (secondary N) is 2. The third-order valence-electron chi connectivity index (χ3n) is 4.11. The van der Waals surface area contributed by atoms with Crippen molar-refractivity contribution >= 4 is 27.2 Å². The summed E-state index contributed by atoms with van der Waals surface area (Å²) in [5.74, 6) is -0.742. The molecule has 0 unspecified atom stereocenters. The lowest BCUT2D eigenvalue weighted by Gasteiger charge is -2.20. The lowest BCUT2D eigenvalue weighted by atomic mass is 10.1. The maximum absolute atomic E-state index is 13.0. The molecule has 0 atom stereocenters. The Balaban J connectivity index is 1.87. The van der Waals surface area contributed by atoms with Crippen LogP contribution in [-0.2, 0) is 22.4 Å². The summed E-state index contributed by atoms with van der Waals surface area (Å²) < 4.78 is 63.3. The predicted octanol–water partition coefficient (Wildman–Crippen LogP) is 3.77. The number of anilines is 2. The standard InChI is InChI=1S/C17H15F3N2O4S/c18-17(19,20)11-5-1-2-6-12(11)21-16(24)22-13-8-7-10-4-3-9-27(25,26)15(10)14(13)23/h1-2,5-8,23H,3-4,9H2,(H2,21,22,24). The minimum Gasteiger partial charge on any atom is -0.504 e. The summed E-state index contributed by atoms with van der Waals surface area (Å²) in [6.07, 6.45) is -3.77. The van der Waals surface area contributed by atoms with Gasteiger partial charge in [0.05, 0.1) is 22.7 Å². The van der Waals surface area contributed by atoms with E-state index < -0.39 is 39.0 Å². The number of carbonyl (C=O) groups excluding carboxylic acids is 1. The molecule has 0 radical (unpaired) electrons. The molecule has 3 N–H and O–H groups in total. The summed E-state index contributed by atoms with van der Waals surface area (Å²) in [7, 11) is -3.69. The fraction of sp³-hybridized carbons (Fsp3) is 0.235. The minimum absolute atomic E-state index is 0.123. The Labute approximate surface area is 152 Å². The number of urea groups is 1. The topological polar surface area (TPSA) is 95.5 Å². The summed E-state index contributed by atoms with van der Waals surface area (Å²) in [5.41, 5.74) is -1.27. The number of phenolic OH excluding ortho intramolecular Hbond substituents is 1. The van der Waals surface area contributed by atoms with Gasteiger partial charge in [-0.25, -0.2) is 13.2 Å². The van der Waals surface area contributed by atoms with E-state index in [9.17, 15) is 31.5 Å². The summed E-state index contributed by atoms with van der Waals surface area (Å²) in [4.78, 5) is 11.8. The molecule has 0 aliphatic carbocycles. The molecule has 2 aromatic rings. The molecule has 144 valence electrons. The van der Waals surface area contributed by atoms with Gasteiger partial charge in [0.15, 0.2) is 15.6 Å². The highest BCUT2D eigenvalue weighted by atomic mass is 32.2. The van der Waals surface area contributed by atoms with Crippen LogP contribution in [0.2, 0.25) is 0 Å². The quantitative estimate of drug-likeness (QED) is 0.669. The summed E-state index contributed by atoms with van der Waals surface area (Å²) in [5, 5.41) is 14.5. The van der Waals surface area contributed by atoms with Crippen molar-refractivity contribution in [2.75, 3.05) is 16.4 Å². The molecule has 2 amide bonds. The van der Waals surface area contributed by atoms with Crippen molar-refractivity contribution in [2.24, 2.45) is 0 Å². The number of aryl methyl sites for hydroxylation is 1. The summed E-state index contributed by atoms with van der Waals surface area (Å²) in [6.45, 7) is 0. The van der Waals surface area contributed by atoms with Crippen molar-refractivity contribution in [3.8, 4) is 5.75 Å². The van der Waals surface area contributed by atoms with E-state index in [0.29, 0.717) is 18.4 Å². The first kappa shape index (κ1) is 19.0. The molecule has 1 aliphatic rings. The molecule has 10 heteroatoms. The van der Waals surface area contributed by atoms with E-state index in [1.54, 1.807) is 0 Å². The highest BCUT2D eigenvalue weighted by Crippen LogP contribution is 2.38. The van der Waals surface area contributed by atoms with Crippen LogP contribution in [0.4, 0.5) is 29.3 Å². The third kappa shape index (κ3) is 3.85. The number of hydrogen-bond acceptors (Lipinski definition) is 4. The number of aromatic hydroxyl groups is 1. The van der Waals surface area contributed by atoms with Crippen LogP contribution in [-0.4, -0.2) is 25.3 Å². The maximum Gasteiger partial charge on any atom is 0.418 e. The first-order valence-electron chi connectivity index (χ1n) is 7.91. The zero-order chi connectivity index (χ0) is 19.8. The van der Waals surface area contributed by atoms with E-state index in [4.69, 9.17) is 0 Å². The van der Waals surface area contributed by atoms with Gasteiger partial charge in [-0.3, -0.25) is 0 Å². The van der Waals surface area contributed by atoms with Gasteiger partial charge >= 0.3 is 12.2 Å². The molecule has 0 saturated heterocycles. The van der Waals surface area contributed by atoms with Crippen molar-refractivity contribution in [2.45, 2.75) is 23.9 Å². The number of sulfone groups is 1. The molecule has 0 bridgehead atoms. The molecule has 6 nitrogen and oxygen atoms in total. The van der Waals surface area contributed by atoms with Crippen LogP contribution in [0.25, 0.3) is 0 Å². The average molecular weight is 400 g/mol. The number of para-hydroxylation sites is 1. The minimum atomic E-state index is -4.66. The number of amides is 2. The molecule has 1 aliphatic heterocycles. The average Bonchev–Trinajstić information content (AvgIpc) is 2.56. The number of carbonyl (C=O) groups is 1. The summed E-state index contributed by atoms with van der Waals surface area (Å²) in [6, 6.07) is 6.14. The Morgan fingerprint density at radius 2 is 1.70 bits per heavy atom. The van der Waals surface area contributed by atoms with Gasteiger partial charge < -0.3 is 15.7 Å². The lowest BCUT2D eigenvalue weighted by Crippen LogP contribution is -2.23. The lowest BCUT2D eigenvalue weighted by molar-refractivity contribution is -0.136. The van der Waals surface area contributed by atoms with E-state index in [2.05, 4.69) is 10.6 Å². The number of phenols is 1. The first-order valence-corrected chi connectivity index (χ1v) is 9.56. The van der Waals surface area contributed by atoms with E-state index in [1.165, 1.54) is 24.3 Å². The second kappa shape index (κ2) is 6.76. The van der Waals surface area contributed by atoms with Crippen molar-refractivity contribution in [3.63, 3.8) is 0 Å². The number of alkyl halides is 3. The number of hydrogen-bond donors (Lipinski definition) is 3. The van der Waals surface area contributed by atoms with E-state index in [-0.39, 0.29) is 16.3 Å². The van der Waals surface area contributed by atoms with Crippen LogP contribution in [0.15, 0.2) is 41.3 Å². The van der Waals surface area contributed by atoms with Gasteiger partial charge in [0, 0.05) is 0 Å². The largest absolute Gasteiger partial charge is 0.504 e. The maximum atomic E-state index is 13.0. The van der Waals surface area contributed by atoms with Crippen LogP contribution >= 0.6 is 0 Å². The van der Waals surface area contributed by atoms with Crippen molar-refractivity contribution in [1.29, 1.82) is 0 Å². The molecule has 3 rings (SSSR count). The van der Waals surface area contributed by atoms with Crippen molar-refractivity contribution in [3.05, 3.63) is 47.5 Å². The Morgan fingerprint density at radius 3 is 2.41 bits per heavy atom. The molecular weight excluding hydrogens is 385 g/mol. The highest BCUT2D eigenvalue weighted by Gasteiger charge is 2.34. The molecule has 0 spiro atoms. The third-order valence-corrected chi connectivity index (χ3v) is 6.02. The van der Waals surface area contributed by atoms with Gasteiger partial charge in [0.2, 0.25) is 0 Å². The van der Waals surface area contributed by atoms with Crippen LogP contribution in [0.1, 0.15) is 17.5 Å². The van der Waals surface area contributed by atoms with E-state index in [0.717, 1.165) is 12.1 Å². The number of halogens is 3. The van der Waals surface area contributed by atoms with Crippen molar-refractivity contribution < 1.29 is 31.5 Å². The molecule has 2 aromatic carbocycles. The zero-order valence-corrected chi connectivity index (χ0v) is 14.6. The van der Waals surface area contributed by atoms with Crippen LogP contribution < -0.4 is 10.6 Å². The number of rotatable bonds is 2. The zero-order valence-electron chi connectivity index (χ0n) is 13.8. The smallest absolute Gasteiger partial charge is 0.418 e. The second-order valence-corrected chi connectivity index (χ2v) is 8.04. The van der Waals surface area contributed by atoms with Gasteiger partial charge in [-0.15, -0.1) is 0 Å². The van der Waals surface area contributed by atoms with Gasteiger partial charge in [0.25, 0.3) is 0 Å². The van der Waals surface area contributed by atoms with E-state index >= 15 is 0 Å². The highest BCUT2D eigenvalue weighted by molar-refractivity contribution is 7.91. The van der Waals surface area contributed by atoms with E-state index in [1.807, 2.05) is 0 Å². The fourth-order valence-corrected chi connectivity index (χ4v) is 4.63. The molecule has 0 aromatic heterocycles. The van der Waals surface area contributed by atoms with Crippen LogP contribution in [0, 0.1) is 0 Å². The van der Waals surface area contributed by atoms with Crippen molar-refractivity contribution in [1.82, 2.24) is 0 Å². The van der Waals surface area contributed by atoms with Crippen LogP contribution in [0.5, 0.6) is 5.75 Å². The SMILES string of the molecule is O=C(Nc1ccccc1C(F)(F)F)Nc1ccc2c(c1O)S(=O)(=O)CCC2. The monoisotopic (exact) mass is 400 g/mol. The fourth-order valence-electron chi connectivity index (χ4n) is 2.93. The summed E-state index contributed by atoms with van der Waals surface area (Å²) >= 11 is 0. The Hall–Kier alpha value is -2.75. The molecule has 27 heavy (non-hydrogen) atoms. The van der Waals surface area contributed by atoms with Gasteiger partial charge in [-0.05, 0) is 36.6 Å². The molecular formula is C17H15F3N2O4S. The number of fused-ring (bicyclic) bond motifs is 1. The first-order chi connectivity index (χ1) is 12.6.